The summed E-state index contributed by atoms with van der Waals surface area (Å²) in [4.78, 5) is 0. The second-order valence-electron chi connectivity index (χ2n) is 8.75. The lowest BCUT2D eigenvalue weighted by Crippen LogP contribution is -2.06. The zero-order valence-electron chi connectivity index (χ0n) is 22.8. The summed E-state index contributed by atoms with van der Waals surface area (Å²) in [6.07, 6.45) is 0. The summed E-state index contributed by atoms with van der Waals surface area (Å²) < 4.78 is 14.4. The Morgan fingerprint density at radius 2 is 0.902 bits per heavy atom. The van der Waals surface area contributed by atoms with E-state index in [1.54, 1.807) is 20.3 Å². The molecule has 0 atom stereocenters. The summed E-state index contributed by atoms with van der Waals surface area (Å²) in [5.74, 6) is 1.52. The van der Waals surface area contributed by atoms with Crippen LogP contribution in [0.2, 0.25) is 0 Å². The van der Waals surface area contributed by atoms with E-state index in [1.807, 2.05) is 119 Å². The fraction of sp³-hybridized carbons (Fsp3) is 0.0938. The summed E-state index contributed by atoms with van der Waals surface area (Å²) >= 11 is 0. The molecule has 9 nitrogen and oxygen atoms in total. The minimum atomic E-state index is 0.718. The van der Waals surface area contributed by atoms with E-state index >= 15 is 0 Å². The summed E-state index contributed by atoms with van der Waals surface area (Å²) in [5, 5.41) is 25.8. The Bertz CT molecular complexity index is 1630. The van der Waals surface area contributed by atoms with Crippen LogP contribution >= 0.6 is 0 Å². The van der Waals surface area contributed by atoms with Crippen LogP contribution in [0.25, 0.3) is 45.3 Å². The van der Waals surface area contributed by atoms with Crippen LogP contribution in [-0.4, -0.2) is 44.2 Å². The number of methoxy groups -OCH3 is 2. The molecule has 202 valence electrons. The fourth-order valence-corrected chi connectivity index (χ4v) is 4.38. The molecule has 41 heavy (non-hydrogen) atoms. The minimum Gasteiger partial charge on any atom is -0.497 e. The number of ether oxygens (including phenoxy) is 2. The second kappa shape index (κ2) is 12.4. The fourth-order valence-electron chi connectivity index (χ4n) is 4.38. The van der Waals surface area contributed by atoms with Crippen molar-refractivity contribution in [1.82, 2.24) is 30.0 Å². The molecule has 0 N–H and O–H groups in total. The summed E-state index contributed by atoms with van der Waals surface area (Å²) in [7, 11) is 3.29. The molecule has 0 aliphatic heterocycles. The van der Waals surface area contributed by atoms with Gasteiger partial charge in [0.25, 0.3) is 0 Å². The average Bonchev–Trinajstić information content (AvgIpc) is 3.67. The topological polar surface area (TPSA) is 104 Å². The van der Waals surface area contributed by atoms with Crippen molar-refractivity contribution in [2.45, 2.75) is 6.92 Å². The second-order valence-corrected chi connectivity index (χ2v) is 8.75. The Kier molecular flexibility index (Phi) is 8.12. The Hall–Kier alpha value is -5.75. The number of hydrogen-bond acceptors (Lipinski definition) is 7. The molecule has 9 heteroatoms. The standard InChI is InChI=1S/C30H24N6O2.C2H3N/c1-37-25-17-13-23(14-18-25)35-29(27(31-33-35)21-9-5-3-6-10-21)30-28(22-11-7-4-8-12-22)32-34-36(30)24-15-19-26(38-2)20-16-24;1-2-3/h3-20H,1-2H3;1H3. The van der Waals surface area contributed by atoms with Crippen LogP contribution in [-0.2, 0) is 0 Å². The highest BCUT2D eigenvalue weighted by Gasteiger charge is 2.27. The zero-order valence-corrected chi connectivity index (χ0v) is 22.8. The first-order chi connectivity index (χ1) is 20.2. The molecule has 0 aliphatic carbocycles. The maximum Gasteiger partial charge on any atom is 0.123 e. The molecule has 0 radical (unpaired) electrons. The molecule has 0 saturated carbocycles. The number of rotatable bonds is 7. The third kappa shape index (κ3) is 5.53. The molecule has 2 heterocycles. The molecule has 4 aromatic carbocycles. The summed E-state index contributed by atoms with van der Waals surface area (Å²) in [5.41, 5.74) is 6.50. The van der Waals surface area contributed by atoms with Gasteiger partial charge in [0.1, 0.15) is 34.3 Å². The van der Waals surface area contributed by atoms with E-state index in [-0.39, 0.29) is 0 Å². The van der Waals surface area contributed by atoms with Crippen LogP contribution in [0.1, 0.15) is 6.92 Å². The lowest BCUT2D eigenvalue weighted by molar-refractivity contribution is 0.414. The molecule has 0 bridgehead atoms. The van der Waals surface area contributed by atoms with Gasteiger partial charge in [0.05, 0.1) is 31.7 Å². The van der Waals surface area contributed by atoms with Crippen LogP contribution in [0, 0.1) is 11.3 Å². The van der Waals surface area contributed by atoms with Crippen LogP contribution in [0.3, 0.4) is 0 Å². The first-order valence-corrected chi connectivity index (χ1v) is 12.8. The van der Waals surface area contributed by atoms with Crippen molar-refractivity contribution < 1.29 is 9.47 Å². The van der Waals surface area contributed by atoms with E-state index < -0.39 is 0 Å². The van der Waals surface area contributed by atoms with Gasteiger partial charge in [0.2, 0.25) is 0 Å². The maximum atomic E-state index is 7.32. The van der Waals surface area contributed by atoms with Crippen molar-refractivity contribution >= 4 is 0 Å². The van der Waals surface area contributed by atoms with Gasteiger partial charge in [-0.25, -0.2) is 9.36 Å². The largest absolute Gasteiger partial charge is 0.497 e. The van der Waals surface area contributed by atoms with Gasteiger partial charge in [-0.15, -0.1) is 10.2 Å². The van der Waals surface area contributed by atoms with E-state index in [0.717, 1.165) is 56.8 Å². The highest BCUT2D eigenvalue weighted by atomic mass is 16.5. The number of nitrogens with zero attached hydrogens (tertiary/aromatic N) is 7. The van der Waals surface area contributed by atoms with Gasteiger partial charge in [-0.2, -0.15) is 5.26 Å². The molecule has 2 aromatic heterocycles. The normalized spacial score (nSPS) is 10.3. The highest BCUT2D eigenvalue weighted by Crippen LogP contribution is 2.38. The monoisotopic (exact) mass is 541 g/mol. The van der Waals surface area contributed by atoms with E-state index in [1.165, 1.54) is 6.92 Å². The van der Waals surface area contributed by atoms with Crippen LogP contribution in [0.4, 0.5) is 0 Å². The molecular formula is C32H27N7O2. The van der Waals surface area contributed by atoms with Gasteiger partial charge in [0, 0.05) is 18.1 Å². The maximum absolute atomic E-state index is 7.32. The minimum absolute atomic E-state index is 0.718. The average molecular weight is 542 g/mol. The van der Waals surface area contributed by atoms with Gasteiger partial charge < -0.3 is 9.47 Å². The van der Waals surface area contributed by atoms with Crippen molar-refractivity contribution in [3.63, 3.8) is 0 Å². The predicted molar refractivity (Wildman–Crippen MR) is 157 cm³/mol. The van der Waals surface area contributed by atoms with Crippen molar-refractivity contribution in [2.75, 3.05) is 14.2 Å². The van der Waals surface area contributed by atoms with Crippen molar-refractivity contribution in [3.8, 4) is 62.8 Å². The molecule has 0 saturated heterocycles. The highest BCUT2D eigenvalue weighted by molar-refractivity contribution is 5.86. The van der Waals surface area contributed by atoms with Crippen molar-refractivity contribution in [2.24, 2.45) is 0 Å². The third-order valence-electron chi connectivity index (χ3n) is 6.29. The lowest BCUT2D eigenvalue weighted by atomic mass is 10.0. The number of nitriles is 1. The quantitative estimate of drug-likeness (QED) is 0.230. The van der Waals surface area contributed by atoms with Gasteiger partial charge >= 0.3 is 0 Å². The Labute approximate surface area is 237 Å². The first-order valence-electron chi connectivity index (χ1n) is 12.8. The van der Waals surface area contributed by atoms with Crippen LogP contribution < -0.4 is 9.47 Å². The van der Waals surface area contributed by atoms with Crippen LogP contribution in [0.5, 0.6) is 11.5 Å². The molecule has 6 rings (SSSR count). The van der Waals surface area contributed by atoms with Crippen molar-refractivity contribution in [1.29, 1.82) is 5.26 Å². The zero-order chi connectivity index (χ0) is 28.6. The van der Waals surface area contributed by atoms with Crippen molar-refractivity contribution in [3.05, 3.63) is 109 Å². The van der Waals surface area contributed by atoms with Gasteiger partial charge in [-0.3, -0.25) is 0 Å². The van der Waals surface area contributed by atoms with Gasteiger partial charge in [-0.1, -0.05) is 71.1 Å². The molecule has 0 aliphatic rings. The summed E-state index contributed by atoms with van der Waals surface area (Å²) in [6, 6.07) is 37.2. The number of benzene rings is 4. The molecule has 0 unspecified atom stereocenters. The molecular weight excluding hydrogens is 514 g/mol. The van der Waals surface area contributed by atoms with Gasteiger partial charge in [-0.05, 0) is 48.5 Å². The lowest BCUT2D eigenvalue weighted by Gasteiger charge is -2.13. The molecule has 0 amide bonds. The van der Waals surface area contributed by atoms with E-state index in [2.05, 4.69) is 20.6 Å². The Morgan fingerprint density at radius 3 is 1.22 bits per heavy atom. The molecule has 0 fully saturated rings. The smallest absolute Gasteiger partial charge is 0.123 e. The van der Waals surface area contributed by atoms with E-state index in [0.29, 0.717) is 0 Å². The van der Waals surface area contributed by atoms with E-state index in [9.17, 15) is 0 Å². The summed E-state index contributed by atoms with van der Waals surface area (Å²) in [6.45, 7) is 1.43. The number of hydrogen-bond donors (Lipinski definition) is 0. The van der Waals surface area contributed by atoms with Gasteiger partial charge in [0.15, 0.2) is 0 Å². The molecule has 6 aromatic rings. The SMILES string of the molecule is CC#N.COc1ccc(-n2nnc(-c3ccccc3)c2-c2c(-c3ccccc3)nnn2-c2ccc(OC)cc2)cc1. The third-order valence-corrected chi connectivity index (χ3v) is 6.29. The predicted octanol–water partition coefficient (Wildman–Crippen LogP) is 6.40. The molecule has 0 spiro atoms. The number of aromatic nitrogens is 6. The van der Waals surface area contributed by atoms with E-state index in [4.69, 9.17) is 14.7 Å². The Balaban J connectivity index is 0.00000108. The Morgan fingerprint density at radius 1 is 0.561 bits per heavy atom. The van der Waals surface area contributed by atoms with Crippen LogP contribution in [0.15, 0.2) is 109 Å². The first kappa shape index (κ1) is 26.8.